The number of imidazole rings is 1. The van der Waals surface area contributed by atoms with E-state index in [1.54, 1.807) is 24.5 Å². The molecule has 0 aliphatic carbocycles. The van der Waals surface area contributed by atoms with Gasteiger partial charge in [-0.25, -0.2) is 4.98 Å². The highest BCUT2D eigenvalue weighted by atomic mass is 19.4. The number of oxime groups is 1. The van der Waals surface area contributed by atoms with Gasteiger partial charge in [-0.15, -0.1) is 0 Å². The number of carbonyl (C=O) groups excluding carboxylic acids is 1. The first kappa shape index (κ1) is 22.5. The van der Waals surface area contributed by atoms with Gasteiger partial charge in [-0.3, -0.25) is 9.20 Å². The normalized spacial score (nSPS) is 12.0. The molecule has 31 heavy (non-hydrogen) atoms. The standard InChI is InChI=1S/C23H24F3N3O2/c1-2-3-11-31-28-15-18-8-10-29-21(16-27-22(29)14-18)19-6-4-5-17(12-19)13-20(30)7-9-23(24,25)26/h4-6,8,10,12,14-16H,2-3,7,9,11,13H2,1H3. The van der Waals surface area contributed by atoms with Crippen LogP contribution < -0.4 is 0 Å². The fraction of sp³-hybridized carbons (Fsp3) is 0.348. The number of fused-ring (bicyclic) bond motifs is 1. The summed E-state index contributed by atoms with van der Waals surface area (Å²) in [5.74, 6) is -0.433. The van der Waals surface area contributed by atoms with Crippen LogP contribution in [0.15, 0.2) is 53.9 Å². The molecule has 2 aromatic heterocycles. The Labute approximate surface area is 178 Å². The summed E-state index contributed by atoms with van der Waals surface area (Å²) >= 11 is 0. The van der Waals surface area contributed by atoms with E-state index < -0.39 is 24.8 Å². The van der Waals surface area contributed by atoms with Crippen molar-refractivity contribution in [3.63, 3.8) is 0 Å². The molecular formula is C23H24F3N3O2. The van der Waals surface area contributed by atoms with Crippen LogP contribution in [0.3, 0.4) is 0 Å². The lowest BCUT2D eigenvalue weighted by Crippen LogP contribution is -2.12. The minimum atomic E-state index is -4.32. The molecule has 2 heterocycles. The molecule has 0 saturated carbocycles. The summed E-state index contributed by atoms with van der Waals surface area (Å²) in [5.41, 5.74) is 3.90. The Morgan fingerprint density at radius 1 is 1.26 bits per heavy atom. The van der Waals surface area contributed by atoms with Gasteiger partial charge < -0.3 is 4.84 Å². The van der Waals surface area contributed by atoms with E-state index in [1.807, 2.05) is 34.9 Å². The molecule has 0 aliphatic rings. The zero-order valence-electron chi connectivity index (χ0n) is 17.2. The lowest BCUT2D eigenvalue weighted by atomic mass is 10.0. The van der Waals surface area contributed by atoms with Gasteiger partial charge in [0.25, 0.3) is 0 Å². The minimum Gasteiger partial charge on any atom is -0.396 e. The van der Waals surface area contributed by atoms with Crippen molar-refractivity contribution in [1.29, 1.82) is 0 Å². The number of alkyl halides is 3. The maximum Gasteiger partial charge on any atom is 0.389 e. The molecule has 8 heteroatoms. The number of carbonyl (C=O) groups is 1. The fourth-order valence-corrected chi connectivity index (χ4v) is 3.09. The van der Waals surface area contributed by atoms with E-state index in [0.717, 1.165) is 35.3 Å². The molecule has 3 rings (SSSR count). The van der Waals surface area contributed by atoms with Crippen molar-refractivity contribution in [3.05, 3.63) is 59.9 Å². The van der Waals surface area contributed by atoms with Crippen LogP contribution in [0.2, 0.25) is 0 Å². The number of rotatable bonds is 10. The molecule has 5 nitrogen and oxygen atoms in total. The molecule has 0 aliphatic heterocycles. The molecule has 0 bridgehead atoms. The zero-order valence-corrected chi connectivity index (χ0v) is 17.2. The SMILES string of the molecule is CCCCON=Cc1ccn2c(-c3cccc(CC(=O)CCC(F)(F)F)c3)cnc2c1. The maximum atomic E-state index is 12.3. The molecule has 0 atom stereocenters. The molecule has 164 valence electrons. The highest BCUT2D eigenvalue weighted by Gasteiger charge is 2.27. The molecule has 0 spiro atoms. The highest BCUT2D eigenvalue weighted by molar-refractivity contribution is 5.82. The molecule has 0 amide bonds. The molecule has 0 fully saturated rings. The Morgan fingerprint density at radius 3 is 2.87 bits per heavy atom. The summed E-state index contributed by atoms with van der Waals surface area (Å²) in [7, 11) is 0. The topological polar surface area (TPSA) is 56.0 Å². The van der Waals surface area contributed by atoms with Crippen LogP contribution in [0.4, 0.5) is 13.2 Å². The van der Waals surface area contributed by atoms with Crippen LogP contribution in [0.25, 0.3) is 16.9 Å². The predicted octanol–water partition coefficient (Wildman–Crippen LogP) is 5.61. The van der Waals surface area contributed by atoms with Crippen molar-refractivity contribution in [2.45, 2.75) is 45.2 Å². The lowest BCUT2D eigenvalue weighted by Gasteiger charge is -2.07. The predicted molar refractivity (Wildman–Crippen MR) is 113 cm³/mol. The molecule has 1 aromatic carbocycles. The third kappa shape index (κ3) is 6.67. The summed E-state index contributed by atoms with van der Waals surface area (Å²) in [4.78, 5) is 21.5. The number of pyridine rings is 1. The van der Waals surface area contributed by atoms with E-state index in [1.165, 1.54) is 0 Å². The largest absolute Gasteiger partial charge is 0.396 e. The van der Waals surface area contributed by atoms with Gasteiger partial charge >= 0.3 is 6.18 Å². The number of hydrogen-bond donors (Lipinski definition) is 0. The smallest absolute Gasteiger partial charge is 0.389 e. The van der Waals surface area contributed by atoms with Gasteiger partial charge in [-0.05, 0) is 30.2 Å². The van der Waals surface area contributed by atoms with E-state index in [0.29, 0.717) is 12.2 Å². The summed E-state index contributed by atoms with van der Waals surface area (Å²) < 4.78 is 38.9. The van der Waals surface area contributed by atoms with E-state index in [4.69, 9.17) is 4.84 Å². The average molecular weight is 431 g/mol. The first-order valence-corrected chi connectivity index (χ1v) is 10.2. The number of Topliss-reactive ketones (excluding diaryl/α,β-unsaturated/α-hetero) is 1. The van der Waals surface area contributed by atoms with Crippen LogP contribution in [0.5, 0.6) is 0 Å². The summed E-state index contributed by atoms with van der Waals surface area (Å²) in [6.45, 7) is 2.66. The van der Waals surface area contributed by atoms with Crippen LogP contribution >= 0.6 is 0 Å². The number of unbranched alkanes of at least 4 members (excludes halogenated alkanes) is 1. The van der Waals surface area contributed by atoms with Gasteiger partial charge in [0.05, 0.1) is 24.5 Å². The Morgan fingerprint density at radius 2 is 2.10 bits per heavy atom. The van der Waals surface area contributed by atoms with Crippen molar-refractivity contribution in [3.8, 4) is 11.3 Å². The molecule has 3 aromatic rings. The fourth-order valence-electron chi connectivity index (χ4n) is 3.09. The summed E-state index contributed by atoms with van der Waals surface area (Å²) in [5, 5.41) is 3.96. The number of halogens is 3. The van der Waals surface area contributed by atoms with Crippen molar-refractivity contribution in [2.75, 3.05) is 6.61 Å². The summed E-state index contributed by atoms with van der Waals surface area (Å²) in [6.07, 6.45) is 1.28. The van der Waals surface area contributed by atoms with Gasteiger partial charge in [-0.2, -0.15) is 13.2 Å². The zero-order chi connectivity index (χ0) is 22.3. The van der Waals surface area contributed by atoms with Crippen LogP contribution in [-0.2, 0) is 16.1 Å². The van der Waals surface area contributed by atoms with Crippen molar-refractivity contribution in [1.82, 2.24) is 9.38 Å². The Hall–Kier alpha value is -3.16. The number of hydrogen-bond acceptors (Lipinski definition) is 4. The van der Waals surface area contributed by atoms with Crippen LogP contribution in [0.1, 0.15) is 43.7 Å². The molecular weight excluding hydrogens is 407 g/mol. The van der Waals surface area contributed by atoms with E-state index in [2.05, 4.69) is 17.1 Å². The molecule has 0 N–H and O–H groups in total. The van der Waals surface area contributed by atoms with E-state index >= 15 is 0 Å². The van der Waals surface area contributed by atoms with Crippen molar-refractivity contribution in [2.24, 2.45) is 5.16 Å². The minimum absolute atomic E-state index is 0.0285. The number of ketones is 1. The Bertz CT molecular complexity index is 1060. The quantitative estimate of drug-likeness (QED) is 0.238. The number of benzene rings is 1. The monoisotopic (exact) mass is 431 g/mol. The first-order valence-electron chi connectivity index (χ1n) is 10.2. The van der Waals surface area contributed by atoms with Crippen LogP contribution in [-0.4, -0.2) is 34.2 Å². The number of nitrogens with zero attached hydrogens (tertiary/aromatic N) is 3. The third-order valence-electron chi connectivity index (χ3n) is 4.71. The van der Waals surface area contributed by atoms with Gasteiger partial charge in [-0.1, -0.05) is 36.7 Å². The van der Waals surface area contributed by atoms with Crippen molar-refractivity contribution < 1.29 is 22.8 Å². The first-order chi connectivity index (χ1) is 14.9. The van der Waals surface area contributed by atoms with Gasteiger partial charge in [0.15, 0.2) is 0 Å². The van der Waals surface area contributed by atoms with E-state index in [-0.39, 0.29) is 6.42 Å². The molecule has 0 saturated heterocycles. The Kier molecular flexibility index (Phi) is 7.44. The van der Waals surface area contributed by atoms with Gasteiger partial charge in [0, 0.05) is 30.2 Å². The maximum absolute atomic E-state index is 12.3. The third-order valence-corrected chi connectivity index (χ3v) is 4.71. The van der Waals surface area contributed by atoms with Crippen molar-refractivity contribution >= 4 is 17.6 Å². The molecule has 0 unspecified atom stereocenters. The van der Waals surface area contributed by atoms with Gasteiger partial charge in [0.1, 0.15) is 18.0 Å². The lowest BCUT2D eigenvalue weighted by molar-refractivity contribution is -0.143. The summed E-state index contributed by atoms with van der Waals surface area (Å²) in [6, 6.07) is 11.0. The average Bonchev–Trinajstić information content (AvgIpc) is 3.15. The van der Waals surface area contributed by atoms with Gasteiger partial charge in [0.2, 0.25) is 0 Å². The number of aromatic nitrogens is 2. The molecule has 0 radical (unpaired) electrons. The second-order valence-corrected chi connectivity index (χ2v) is 7.28. The van der Waals surface area contributed by atoms with E-state index in [9.17, 15) is 18.0 Å². The second kappa shape index (κ2) is 10.2. The second-order valence-electron chi connectivity index (χ2n) is 7.28. The Balaban J connectivity index is 1.72. The van der Waals surface area contributed by atoms with Crippen LogP contribution in [0, 0.1) is 0 Å². The highest BCUT2D eigenvalue weighted by Crippen LogP contribution is 2.24.